The Hall–Kier alpha value is -1.81. The lowest BCUT2D eigenvalue weighted by atomic mass is 10.1. The Balaban J connectivity index is 1.83. The fraction of sp³-hybridized carbons (Fsp3) is 0.286. The van der Waals surface area contributed by atoms with Gasteiger partial charge in [-0.15, -0.1) is 0 Å². The van der Waals surface area contributed by atoms with Crippen molar-refractivity contribution in [1.82, 2.24) is 15.3 Å². The van der Waals surface area contributed by atoms with Crippen LogP contribution in [0.1, 0.15) is 28.2 Å². The molecule has 0 aliphatic heterocycles. The molecule has 0 radical (unpaired) electrons. The van der Waals surface area contributed by atoms with Gasteiger partial charge in [0.05, 0.1) is 10.6 Å². The standard InChI is InChI=1S/C14H16ClN3O/c1-10-4-2-5-11(13(10)15)14(19)18-7-3-6-12-16-8-9-17-12/h2,4-5,8-9H,3,6-7H2,1H3,(H,16,17)(H,18,19). The summed E-state index contributed by atoms with van der Waals surface area (Å²) in [5, 5.41) is 3.38. The summed E-state index contributed by atoms with van der Waals surface area (Å²) in [7, 11) is 0. The van der Waals surface area contributed by atoms with Crippen LogP contribution >= 0.6 is 11.6 Å². The predicted molar refractivity (Wildman–Crippen MR) is 75.4 cm³/mol. The van der Waals surface area contributed by atoms with E-state index in [9.17, 15) is 4.79 Å². The highest BCUT2D eigenvalue weighted by molar-refractivity contribution is 6.34. The van der Waals surface area contributed by atoms with Crippen LogP contribution < -0.4 is 5.32 Å². The number of aryl methyl sites for hydroxylation is 2. The molecule has 1 aromatic carbocycles. The largest absolute Gasteiger partial charge is 0.352 e. The van der Waals surface area contributed by atoms with Crippen molar-refractivity contribution in [2.24, 2.45) is 0 Å². The van der Waals surface area contributed by atoms with Gasteiger partial charge < -0.3 is 10.3 Å². The van der Waals surface area contributed by atoms with Crippen molar-refractivity contribution in [3.8, 4) is 0 Å². The number of rotatable bonds is 5. The molecule has 19 heavy (non-hydrogen) atoms. The number of amides is 1. The summed E-state index contributed by atoms with van der Waals surface area (Å²) in [5.74, 6) is 0.802. The number of aromatic nitrogens is 2. The van der Waals surface area contributed by atoms with Crippen LogP contribution in [0.25, 0.3) is 0 Å². The Morgan fingerprint density at radius 3 is 3.05 bits per heavy atom. The van der Waals surface area contributed by atoms with Gasteiger partial charge in [-0.2, -0.15) is 0 Å². The molecule has 0 aliphatic rings. The molecule has 0 fully saturated rings. The Kier molecular flexibility index (Phi) is 4.58. The molecule has 0 bridgehead atoms. The second kappa shape index (κ2) is 6.38. The first kappa shape index (κ1) is 13.6. The number of carbonyl (C=O) groups excluding carboxylic acids is 1. The van der Waals surface area contributed by atoms with Crippen LogP contribution in [-0.2, 0) is 6.42 Å². The number of hydrogen-bond donors (Lipinski definition) is 2. The Bertz CT molecular complexity index is 552. The van der Waals surface area contributed by atoms with Crippen LogP contribution in [0.5, 0.6) is 0 Å². The molecule has 100 valence electrons. The fourth-order valence-corrected chi connectivity index (χ4v) is 2.02. The van der Waals surface area contributed by atoms with E-state index in [1.165, 1.54) is 0 Å². The van der Waals surface area contributed by atoms with E-state index in [1.54, 1.807) is 18.5 Å². The number of aromatic amines is 1. The van der Waals surface area contributed by atoms with Gasteiger partial charge in [0.1, 0.15) is 5.82 Å². The van der Waals surface area contributed by atoms with Crippen molar-refractivity contribution in [3.05, 3.63) is 52.6 Å². The molecule has 1 heterocycles. The molecule has 1 amide bonds. The Labute approximate surface area is 117 Å². The number of H-pyrrole nitrogens is 1. The van der Waals surface area contributed by atoms with Crippen LogP contribution in [0.2, 0.25) is 5.02 Å². The maximum Gasteiger partial charge on any atom is 0.252 e. The molecule has 1 aromatic heterocycles. The van der Waals surface area contributed by atoms with Gasteiger partial charge in [0.25, 0.3) is 5.91 Å². The van der Waals surface area contributed by atoms with Crippen LogP contribution in [0.4, 0.5) is 0 Å². The lowest BCUT2D eigenvalue weighted by Crippen LogP contribution is -2.25. The fourth-order valence-electron chi connectivity index (χ4n) is 1.81. The lowest BCUT2D eigenvalue weighted by Gasteiger charge is -2.07. The normalized spacial score (nSPS) is 10.4. The van der Waals surface area contributed by atoms with E-state index in [0.717, 1.165) is 24.2 Å². The van der Waals surface area contributed by atoms with E-state index in [2.05, 4.69) is 15.3 Å². The van der Waals surface area contributed by atoms with Gasteiger partial charge in [0.2, 0.25) is 0 Å². The molecule has 0 saturated heterocycles. The molecule has 2 N–H and O–H groups in total. The van der Waals surface area contributed by atoms with E-state index in [1.807, 2.05) is 19.1 Å². The minimum atomic E-state index is -0.131. The van der Waals surface area contributed by atoms with Crippen molar-refractivity contribution in [1.29, 1.82) is 0 Å². The number of halogens is 1. The van der Waals surface area contributed by atoms with Gasteiger partial charge in [-0.3, -0.25) is 4.79 Å². The Morgan fingerprint density at radius 1 is 1.47 bits per heavy atom. The van der Waals surface area contributed by atoms with Gasteiger partial charge in [0.15, 0.2) is 0 Å². The zero-order valence-corrected chi connectivity index (χ0v) is 11.5. The molecule has 4 nitrogen and oxygen atoms in total. The lowest BCUT2D eigenvalue weighted by molar-refractivity contribution is 0.0953. The third-order valence-corrected chi connectivity index (χ3v) is 3.37. The number of nitrogens with zero attached hydrogens (tertiary/aromatic N) is 1. The molecule has 2 rings (SSSR count). The molecular formula is C14H16ClN3O. The summed E-state index contributed by atoms with van der Waals surface area (Å²) in [6.07, 6.45) is 5.17. The number of benzene rings is 1. The number of imidazole rings is 1. The molecule has 2 aromatic rings. The SMILES string of the molecule is Cc1cccc(C(=O)NCCCc2ncc[nH]2)c1Cl. The highest BCUT2D eigenvalue weighted by Crippen LogP contribution is 2.19. The smallest absolute Gasteiger partial charge is 0.252 e. The highest BCUT2D eigenvalue weighted by Gasteiger charge is 2.10. The van der Waals surface area contributed by atoms with Crippen LogP contribution in [0, 0.1) is 6.92 Å². The van der Waals surface area contributed by atoms with Gasteiger partial charge >= 0.3 is 0 Å². The maximum absolute atomic E-state index is 12.0. The zero-order chi connectivity index (χ0) is 13.7. The summed E-state index contributed by atoms with van der Waals surface area (Å²) in [6, 6.07) is 5.45. The Morgan fingerprint density at radius 2 is 2.32 bits per heavy atom. The number of hydrogen-bond acceptors (Lipinski definition) is 2. The van der Waals surface area contributed by atoms with Crippen molar-refractivity contribution < 1.29 is 4.79 Å². The minimum Gasteiger partial charge on any atom is -0.352 e. The summed E-state index contributed by atoms with van der Waals surface area (Å²) >= 11 is 6.11. The predicted octanol–water partition coefficient (Wildman–Crippen LogP) is 2.73. The number of nitrogens with one attached hydrogen (secondary N) is 2. The average molecular weight is 278 g/mol. The molecule has 5 heteroatoms. The van der Waals surface area contributed by atoms with E-state index in [4.69, 9.17) is 11.6 Å². The average Bonchev–Trinajstić information content (AvgIpc) is 2.91. The van der Waals surface area contributed by atoms with Gasteiger partial charge in [-0.05, 0) is 25.0 Å². The van der Waals surface area contributed by atoms with Crippen molar-refractivity contribution >= 4 is 17.5 Å². The second-order valence-corrected chi connectivity index (χ2v) is 4.71. The first-order valence-corrected chi connectivity index (χ1v) is 6.58. The monoisotopic (exact) mass is 277 g/mol. The van der Waals surface area contributed by atoms with Crippen molar-refractivity contribution in [2.45, 2.75) is 19.8 Å². The topological polar surface area (TPSA) is 57.8 Å². The minimum absolute atomic E-state index is 0.131. The van der Waals surface area contributed by atoms with Crippen LogP contribution in [-0.4, -0.2) is 22.4 Å². The van der Waals surface area contributed by atoms with Crippen molar-refractivity contribution in [2.75, 3.05) is 6.54 Å². The third kappa shape index (κ3) is 3.58. The first-order chi connectivity index (χ1) is 9.18. The number of carbonyl (C=O) groups is 1. The molecule has 0 atom stereocenters. The quantitative estimate of drug-likeness (QED) is 0.826. The van der Waals surface area contributed by atoms with E-state index in [-0.39, 0.29) is 5.91 Å². The maximum atomic E-state index is 12.0. The van der Waals surface area contributed by atoms with E-state index >= 15 is 0 Å². The zero-order valence-electron chi connectivity index (χ0n) is 10.7. The van der Waals surface area contributed by atoms with E-state index in [0.29, 0.717) is 17.1 Å². The van der Waals surface area contributed by atoms with Gasteiger partial charge in [-0.25, -0.2) is 4.98 Å². The van der Waals surface area contributed by atoms with Crippen LogP contribution in [0.15, 0.2) is 30.6 Å². The molecule has 0 unspecified atom stereocenters. The van der Waals surface area contributed by atoms with Crippen molar-refractivity contribution in [3.63, 3.8) is 0 Å². The molecular weight excluding hydrogens is 262 g/mol. The summed E-state index contributed by atoms with van der Waals surface area (Å²) < 4.78 is 0. The first-order valence-electron chi connectivity index (χ1n) is 6.20. The molecule has 0 aliphatic carbocycles. The highest BCUT2D eigenvalue weighted by atomic mass is 35.5. The second-order valence-electron chi connectivity index (χ2n) is 4.33. The summed E-state index contributed by atoms with van der Waals surface area (Å²) in [5.41, 5.74) is 1.43. The van der Waals surface area contributed by atoms with E-state index < -0.39 is 0 Å². The van der Waals surface area contributed by atoms with Gasteiger partial charge in [0, 0.05) is 25.4 Å². The molecule has 0 saturated carbocycles. The summed E-state index contributed by atoms with van der Waals surface area (Å²) in [4.78, 5) is 19.1. The molecule has 0 spiro atoms. The van der Waals surface area contributed by atoms with Crippen LogP contribution in [0.3, 0.4) is 0 Å². The third-order valence-electron chi connectivity index (χ3n) is 2.87. The summed E-state index contributed by atoms with van der Waals surface area (Å²) in [6.45, 7) is 2.49. The van der Waals surface area contributed by atoms with Gasteiger partial charge in [-0.1, -0.05) is 23.7 Å².